The van der Waals surface area contributed by atoms with Gasteiger partial charge in [-0.3, -0.25) is 0 Å². The summed E-state index contributed by atoms with van der Waals surface area (Å²) in [6.07, 6.45) is 1.40. The maximum absolute atomic E-state index is 2.48. The van der Waals surface area contributed by atoms with Crippen LogP contribution in [0.2, 0.25) is 0 Å². The molecule has 1 saturated heterocycles. The van der Waals surface area contributed by atoms with Crippen LogP contribution in [0.5, 0.6) is 0 Å². The van der Waals surface area contributed by atoms with E-state index in [-0.39, 0.29) is 0 Å². The zero-order valence-corrected chi connectivity index (χ0v) is 9.22. The molecule has 1 fully saturated rings. The van der Waals surface area contributed by atoms with Gasteiger partial charge in [-0.05, 0) is 30.7 Å². The lowest BCUT2D eigenvalue weighted by atomic mass is 9.75. The van der Waals surface area contributed by atoms with Gasteiger partial charge in [0.1, 0.15) is 0 Å². The number of piperidine rings is 1. The molecule has 1 heterocycles. The maximum atomic E-state index is 2.48. The largest absolute Gasteiger partial charge is 0.306 e. The van der Waals surface area contributed by atoms with Crippen LogP contribution in [0, 0.1) is 17.3 Å². The summed E-state index contributed by atoms with van der Waals surface area (Å²) in [7, 11) is 2.25. The van der Waals surface area contributed by atoms with Gasteiger partial charge < -0.3 is 4.90 Å². The molecule has 0 N–H and O–H groups in total. The molecule has 12 heavy (non-hydrogen) atoms. The van der Waals surface area contributed by atoms with E-state index in [1.165, 1.54) is 19.5 Å². The van der Waals surface area contributed by atoms with Crippen LogP contribution in [0.25, 0.3) is 0 Å². The third-order valence-electron chi connectivity index (χ3n) is 3.00. The Labute approximate surface area is 77.1 Å². The van der Waals surface area contributed by atoms with Crippen molar-refractivity contribution < 1.29 is 0 Å². The summed E-state index contributed by atoms with van der Waals surface area (Å²) in [6.45, 7) is 12.0. The second kappa shape index (κ2) is 3.37. The lowest BCUT2D eigenvalue weighted by Gasteiger charge is -2.42. The van der Waals surface area contributed by atoms with E-state index in [0.29, 0.717) is 5.41 Å². The fourth-order valence-corrected chi connectivity index (χ4v) is 2.48. The van der Waals surface area contributed by atoms with Gasteiger partial charge in [-0.15, -0.1) is 0 Å². The summed E-state index contributed by atoms with van der Waals surface area (Å²) in [5.41, 5.74) is 0.530. The van der Waals surface area contributed by atoms with Crippen molar-refractivity contribution in [2.75, 3.05) is 20.1 Å². The molecule has 1 aliphatic rings. The van der Waals surface area contributed by atoms with E-state index < -0.39 is 0 Å². The summed E-state index contributed by atoms with van der Waals surface area (Å²) in [5.74, 6) is 1.74. The van der Waals surface area contributed by atoms with E-state index in [9.17, 15) is 0 Å². The molecule has 1 atom stereocenters. The lowest BCUT2D eigenvalue weighted by molar-refractivity contribution is 0.0714. The Kier molecular flexibility index (Phi) is 2.82. The number of rotatable bonds is 1. The molecule has 0 aromatic heterocycles. The minimum absolute atomic E-state index is 0.530. The minimum Gasteiger partial charge on any atom is -0.306 e. The molecule has 1 rings (SSSR count). The van der Waals surface area contributed by atoms with Crippen LogP contribution in [0.3, 0.4) is 0 Å². The quantitative estimate of drug-likeness (QED) is 0.583. The first-order valence-electron chi connectivity index (χ1n) is 5.09. The zero-order chi connectivity index (χ0) is 9.35. The Morgan fingerprint density at radius 2 is 1.92 bits per heavy atom. The van der Waals surface area contributed by atoms with Gasteiger partial charge >= 0.3 is 0 Å². The van der Waals surface area contributed by atoms with Crippen LogP contribution in [0.4, 0.5) is 0 Å². The summed E-state index contributed by atoms with van der Waals surface area (Å²) < 4.78 is 0. The van der Waals surface area contributed by atoms with E-state index in [0.717, 1.165) is 11.8 Å². The number of hydrogen-bond donors (Lipinski definition) is 0. The van der Waals surface area contributed by atoms with Crippen LogP contribution >= 0.6 is 0 Å². The maximum Gasteiger partial charge on any atom is 0.00299 e. The molecule has 0 aromatic carbocycles. The molecular weight excluding hydrogens is 146 g/mol. The van der Waals surface area contributed by atoms with E-state index in [1.807, 2.05) is 0 Å². The highest BCUT2D eigenvalue weighted by Gasteiger charge is 2.31. The molecule has 0 bridgehead atoms. The van der Waals surface area contributed by atoms with Gasteiger partial charge in [0, 0.05) is 13.1 Å². The van der Waals surface area contributed by atoms with Gasteiger partial charge in [0.25, 0.3) is 0 Å². The third-order valence-corrected chi connectivity index (χ3v) is 3.00. The van der Waals surface area contributed by atoms with E-state index >= 15 is 0 Å². The van der Waals surface area contributed by atoms with Crippen molar-refractivity contribution >= 4 is 0 Å². The summed E-state index contributed by atoms with van der Waals surface area (Å²) >= 11 is 0. The molecule has 1 nitrogen and oxygen atoms in total. The smallest absolute Gasteiger partial charge is 0.00299 e. The van der Waals surface area contributed by atoms with Crippen molar-refractivity contribution in [3.8, 4) is 0 Å². The summed E-state index contributed by atoms with van der Waals surface area (Å²) in [6, 6.07) is 0. The van der Waals surface area contributed by atoms with Crippen molar-refractivity contribution in [2.24, 2.45) is 17.3 Å². The highest BCUT2D eigenvalue weighted by atomic mass is 15.1. The van der Waals surface area contributed by atoms with Gasteiger partial charge in [-0.25, -0.2) is 0 Å². The molecule has 0 amide bonds. The molecular formula is C11H23N. The molecule has 1 heteroatoms. The Morgan fingerprint density at radius 3 is 2.33 bits per heavy atom. The second-order valence-corrected chi connectivity index (χ2v) is 5.57. The highest BCUT2D eigenvalue weighted by molar-refractivity contribution is 4.84. The van der Waals surface area contributed by atoms with E-state index in [4.69, 9.17) is 0 Å². The van der Waals surface area contributed by atoms with Crippen molar-refractivity contribution in [1.29, 1.82) is 0 Å². The first-order valence-corrected chi connectivity index (χ1v) is 5.09. The second-order valence-electron chi connectivity index (χ2n) is 5.57. The number of hydrogen-bond acceptors (Lipinski definition) is 1. The monoisotopic (exact) mass is 169 g/mol. The average Bonchev–Trinajstić information content (AvgIpc) is 1.82. The van der Waals surface area contributed by atoms with Crippen molar-refractivity contribution in [3.05, 3.63) is 0 Å². The Bertz CT molecular complexity index is 149. The molecule has 1 aliphatic heterocycles. The Balaban J connectivity index is 2.58. The Hall–Kier alpha value is -0.0400. The molecule has 0 saturated carbocycles. The topological polar surface area (TPSA) is 3.24 Å². The molecule has 0 radical (unpaired) electrons. The van der Waals surface area contributed by atoms with Gasteiger partial charge in [0.05, 0.1) is 0 Å². The predicted octanol–water partition coefficient (Wildman–Crippen LogP) is 2.62. The molecule has 0 aliphatic carbocycles. The van der Waals surface area contributed by atoms with Crippen LogP contribution in [0.15, 0.2) is 0 Å². The molecule has 1 unspecified atom stereocenters. The number of likely N-dealkylation sites (tertiary alicyclic amines) is 1. The fourth-order valence-electron chi connectivity index (χ4n) is 2.48. The predicted molar refractivity (Wildman–Crippen MR) is 54.2 cm³/mol. The fraction of sp³-hybridized carbons (Fsp3) is 1.00. The minimum atomic E-state index is 0.530. The van der Waals surface area contributed by atoms with Crippen molar-refractivity contribution in [3.63, 3.8) is 0 Å². The SMILES string of the molecule is CC(C)C1CN(C)CC(C)(C)C1. The van der Waals surface area contributed by atoms with Gasteiger partial charge in [0.15, 0.2) is 0 Å². The van der Waals surface area contributed by atoms with Gasteiger partial charge in [-0.1, -0.05) is 27.7 Å². The standard InChI is InChI=1S/C11H23N/c1-9(2)10-6-11(3,4)8-12(5)7-10/h9-10H,6-8H2,1-5H3. The van der Waals surface area contributed by atoms with E-state index in [2.05, 4.69) is 39.6 Å². The summed E-state index contributed by atoms with van der Waals surface area (Å²) in [4.78, 5) is 2.48. The van der Waals surface area contributed by atoms with Gasteiger partial charge in [0.2, 0.25) is 0 Å². The average molecular weight is 169 g/mol. The summed E-state index contributed by atoms with van der Waals surface area (Å²) in [5, 5.41) is 0. The van der Waals surface area contributed by atoms with Crippen LogP contribution in [0.1, 0.15) is 34.1 Å². The zero-order valence-electron chi connectivity index (χ0n) is 9.22. The molecule has 72 valence electrons. The van der Waals surface area contributed by atoms with Crippen LogP contribution < -0.4 is 0 Å². The van der Waals surface area contributed by atoms with Crippen LogP contribution in [-0.4, -0.2) is 25.0 Å². The number of nitrogens with zero attached hydrogens (tertiary/aromatic N) is 1. The van der Waals surface area contributed by atoms with Gasteiger partial charge in [-0.2, -0.15) is 0 Å². The Morgan fingerprint density at radius 1 is 1.33 bits per heavy atom. The molecule has 0 aromatic rings. The van der Waals surface area contributed by atoms with Crippen molar-refractivity contribution in [2.45, 2.75) is 34.1 Å². The third kappa shape index (κ3) is 2.48. The van der Waals surface area contributed by atoms with E-state index in [1.54, 1.807) is 0 Å². The first kappa shape index (κ1) is 10.0. The first-order chi connectivity index (χ1) is 5.41. The van der Waals surface area contributed by atoms with Crippen LogP contribution in [-0.2, 0) is 0 Å². The highest BCUT2D eigenvalue weighted by Crippen LogP contribution is 2.34. The normalized spacial score (nSPS) is 31.0. The van der Waals surface area contributed by atoms with Crippen molar-refractivity contribution in [1.82, 2.24) is 4.90 Å². The lowest BCUT2D eigenvalue weighted by Crippen LogP contribution is -2.43. The molecule has 0 spiro atoms.